The molecule has 1 N–H and O–H groups in total. The number of unbranched alkanes of at least 4 members (excludes halogenated alkanes) is 2. The minimum atomic E-state index is -0.354. The van der Waals surface area contributed by atoms with Crippen LogP contribution in [0.2, 0.25) is 0 Å². The fourth-order valence-corrected chi connectivity index (χ4v) is 6.29. The number of phenols is 1. The van der Waals surface area contributed by atoms with E-state index >= 15 is 0 Å². The van der Waals surface area contributed by atoms with Gasteiger partial charge in [-0.15, -0.1) is 0 Å². The second-order valence-corrected chi connectivity index (χ2v) is 11.1. The van der Waals surface area contributed by atoms with Crippen molar-refractivity contribution < 1.29 is 24.2 Å². The molecule has 0 aliphatic carbocycles. The van der Waals surface area contributed by atoms with E-state index in [0.717, 1.165) is 67.1 Å². The summed E-state index contributed by atoms with van der Waals surface area (Å²) in [5.74, 6) is 1.35. The van der Waals surface area contributed by atoms with Gasteiger partial charge in [0.25, 0.3) is 5.91 Å². The van der Waals surface area contributed by atoms with Crippen LogP contribution in [0.5, 0.6) is 17.2 Å². The fourth-order valence-electron chi connectivity index (χ4n) is 6.29. The second kappa shape index (κ2) is 10.5. The summed E-state index contributed by atoms with van der Waals surface area (Å²) in [6, 6.07) is 13.1. The molecular formula is C32H35N3O5. The van der Waals surface area contributed by atoms with Crippen LogP contribution in [0.3, 0.4) is 0 Å². The van der Waals surface area contributed by atoms with E-state index in [4.69, 9.17) is 9.47 Å². The number of anilines is 1. The van der Waals surface area contributed by atoms with Gasteiger partial charge in [-0.1, -0.05) is 24.3 Å². The molecule has 0 aromatic heterocycles. The number of rotatable bonds is 8. The maximum absolute atomic E-state index is 13.2. The summed E-state index contributed by atoms with van der Waals surface area (Å²) in [4.78, 5) is 34.6. The highest BCUT2D eigenvalue weighted by Crippen LogP contribution is 2.41. The molecule has 3 aromatic rings. The number of hydrogen-bond donors (Lipinski definition) is 1. The van der Waals surface area contributed by atoms with Crippen molar-refractivity contribution in [3.8, 4) is 17.2 Å². The first kappa shape index (κ1) is 26.2. The first-order chi connectivity index (χ1) is 19.4. The number of benzene rings is 3. The zero-order valence-electron chi connectivity index (χ0n) is 23.1. The highest BCUT2D eigenvalue weighted by atomic mass is 16.5. The van der Waals surface area contributed by atoms with Crippen LogP contribution < -0.4 is 14.4 Å². The summed E-state index contributed by atoms with van der Waals surface area (Å²) in [5.41, 5.74) is 2.74. The number of methoxy groups -OCH3 is 1. The first-order valence-corrected chi connectivity index (χ1v) is 14.2. The lowest BCUT2D eigenvalue weighted by molar-refractivity contribution is -0.118. The molecule has 1 atom stereocenters. The number of amides is 2. The van der Waals surface area contributed by atoms with Crippen LogP contribution in [0.15, 0.2) is 47.5 Å². The SMILES string of the molecule is COc1cc2c(cc1OCCCCCC(=O)N1CCc3c1cc(O)c1ccccc31)N=C[C@]1(C)CCCN1C2=O. The Morgan fingerprint density at radius 1 is 1.07 bits per heavy atom. The highest BCUT2D eigenvalue weighted by Gasteiger charge is 2.41. The number of hydrogen-bond acceptors (Lipinski definition) is 6. The van der Waals surface area contributed by atoms with E-state index in [0.29, 0.717) is 42.3 Å². The molecule has 208 valence electrons. The Labute approximate surface area is 234 Å². The molecule has 3 aliphatic rings. The van der Waals surface area contributed by atoms with Crippen molar-refractivity contribution in [2.45, 2.75) is 57.4 Å². The van der Waals surface area contributed by atoms with Crippen molar-refractivity contribution >= 4 is 40.2 Å². The van der Waals surface area contributed by atoms with E-state index in [1.807, 2.05) is 40.3 Å². The maximum atomic E-state index is 13.2. The molecule has 1 saturated heterocycles. The smallest absolute Gasteiger partial charge is 0.256 e. The summed E-state index contributed by atoms with van der Waals surface area (Å²) >= 11 is 0. The number of aromatic hydroxyl groups is 1. The molecule has 8 nitrogen and oxygen atoms in total. The molecule has 0 radical (unpaired) electrons. The van der Waals surface area contributed by atoms with E-state index in [1.54, 1.807) is 25.3 Å². The molecule has 8 heteroatoms. The van der Waals surface area contributed by atoms with Gasteiger partial charge >= 0.3 is 0 Å². The second-order valence-electron chi connectivity index (χ2n) is 11.1. The Morgan fingerprint density at radius 2 is 1.90 bits per heavy atom. The zero-order valence-corrected chi connectivity index (χ0v) is 23.1. The lowest BCUT2D eigenvalue weighted by Crippen LogP contribution is -2.45. The predicted octanol–water partition coefficient (Wildman–Crippen LogP) is 5.79. The van der Waals surface area contributed by atoms with E-state index in [1.165, 1.54) is 0 Å². The Balaban J connectivity index is 1.04. The van der Waals surface area contributed by atoms with Gasteiger partial charge in [-0.3, -0.25) is 14.6 Å². The van der Waals surface area contributed by atoms with Crippen molar-refractivity contribution in [3.05, 3.63) is 53.6 Å². The van der Waals surface area contributed by atoms with Gasteiger partial charge in [0.1, 0.15) is 5.75 Å². The molecule has 0 unspecified atom stereocenters. The van der Waals surface area contributed by atoms with Gasteiger partial charge in [0.2, 0.25) is 5.91 Å². The van der Waals surface area contributed by atoms with Crippen molar-refractivity contribution in [3.63, 3.8) is 0 Å². The van der Waals surface area contributed by atoms with Crippen LogP contribution in [-0.4, -0.2) is 60.4 Å². The molecule has 40 heavy (non-hydrogen) atoms. The van der Waals surface area contributed by atoms with Crippen molar-refractivity contribution in [2.24, 2.45) is 4.99 Å². The van der Waals surface area contributed by atoms with Crippen LogP contribution in [0, 0.1) is 0 Å². The van der Waals surface area contributed by atoms with Crippen molar-refractivity contribution in [1.82, 2.24) is 4.90 Å². The number of ether oxygens (including phenoxy) is 2. The highest BCUT2D eigenvalue weighted by molar-refractivity contribution is 6.05. The molecule has 3 aliphatic heterocycles. The standard InChI is InChI=1S/C32H35N3O5/c1-32-13-8-14-35(32)31(38)24-17-28(39-2)29(18-25(24)33-20-32)40-16-7-3-4-11-30(37)34-15-12-22-21-9-5-6-10-23(21)27(36)19-26(22)34/h5-6,9-10,17-20,36H,3-4,7-8,11-16H2,1-2H3/t32-/m0/s1. The quantitative estimate of drug-likeness (QED) is 0.364. The first-order valence-electron chi connectivity index (χ1n) is 14.2. The minimum Gasteiger partial charge on any atom is -0.507 e. The van der Waals surface area contributed by atoms with Gasteiger partial charge in [-0.05, 0) is 62.5 Å². The number of carbonyl (C=O) groups is 2. The molecular weight excluding hydrogens is 506 g/mol. The van der Waals surface area contributed by atoms with Crippen LogP contribution in [0.4, 0.5) is 11.4 Å². The number of phenolic OH excluding ortho intramolecular Hbond substituents is 1. The number of fused-ring (bicyclic) bond motifs is 5. The molecule has 3 aromatic carbocycles. The summed E-state index contributed by atoms with van der Waals surface area (Å²) in [6.45, 7) is 3.90. The van der Waals surface area contributed by atoms with Crippen LogP contribution >= 0.6 is 0 Å². The zero-order chi connectivity index (χ0) is 27.9. The average molecular weight is 542 g/mol. The third-order valence-electron chi connectivity index (χ3n) is 8.50. The average Bonchev–Trinajstić information content (AvgIpc) is 3.55. The van der Waals surface area contributed by atoms with E-state index in [9.17, 15) is 14.7 Å². The van der Waals surface area contributed by atoms with Gasteiger partial charge in [0, 0.05) is 43.2 Å². The van der Waals surface area contributed by atoms with Gasteiger partial charge in [-0.25, -0.2) is 0 Å². The number of carbonyl (C=O) groups excluding carboxylic acids is 2. The molecule has 1 fully saturated rings. The third kappa shape index (κ3) is 4.55. The number of aliphatic imine (C=N–C) groups is 1. The Morgan fingerprint density at radius 3 is 2.73 bits per heavy atom. The molecule has 2 amide bonds. The Kier molecular flexibility index (Phi) is 6.86. The Bertz CT molecular complexity index is 1520. The topological polar surface area (TPSA) is 91.7 Å². The summed E-state index contributed by atoms with van der Waals surface area (Å²) in [6.07, 6.45) is 7.38. The van der Waals surface area contributed by atoms with Crippen LogP contribution in [-0.2, 0) is 11.2 Å². The Hall–Kier alpha value is -4.07. The summed E-state index contributed by atoms with van der Waals surface area (Å²) < 4.78 is 11.6. The minimum absolute atomic E-state index is 0.0222. The third-order valence-corrected chi connectivity index (χ3v) is 8.50. The molecule has 6 rings (SSSR count). The summed E-state index contributed by atoms with van der Waals surface area (Å²) in [5, 5.41) is 12.3. The van der Waals surface area contributed by atoms with Gasteiger partial charge < -0.3 is 24.4 Å². The largest absolute Gasteiger partial charge is 0.507 e. The van der Waals surface area contributed by atoms with Gasteiger partial charge in [0.05, 0.1) is 36.2 Å². The lowest BCUT2D eigenvalue weighted by Gasteiger charge is -2.30. The fraction of sp³-hybridized carbons (Fsp3) is 0.406. The monoisotopic (exact) mass is 541 g/mol. The summed E-state index contributed by atoms with van der Waals surface area (Å²) in [7, 11) is 1.57. The van der Waals surface area contributed by atoms with Crippen LogP contribution in [0.25, 0.3) is 10.8 Å². The molecule has 0 bridgehead atoms. The molecule has 3 heterocycles. The predicted molar refractivity (Wildman–Crippen MR) is 155 cm³/mol. The van der Waals surface area contributed by atoms with E-state index in [2.05, 4.69) is 11.9 Å². The molecule has 0 saturated carbocycles. The van der Waals surface area contributed by atoms with Crippen molar-refractivity contribution in [1.29, 1.82) is 0 Å². The molecule has 0 spiro atoms. The maximum Gasteiger partial charge on any atom is 0.256 e. The van der Waals surface area contributed by atoms with Gasteiger partial charge in [0.15, 0.2) is 11.5 Å². The lowest BCUT2D eigenvalue weighted by atomic mass is 10.0. The van der Waals surface area contributed by atoms with Crippen molar-refractivity contribution in [2.75, 3.05) is 31.7 Å². The van der Waals surface area contributed by atoms with E-state index < -0.39 is 0 Å². The van der Waals surface area contributed by atoms with E-state index in [-0.39, 0.29) is 23.1 Å². The van der Waals surface area contributed by atoms with Gasteiger partial charge in [-0.2, -0.15) is 0 Å². The number of nitrogens with zero attached hydrogens (tertiary/aromatic N) is 3. The van der Waals surface area contributed by atoms with Crippen LogP contribution in [0.1, 0.15) is 61.4 Å². The normalized spacial score (nSPS) is 19.4.